The van der Waals surface area contributed by atoms with E-state index in [1.165, 1.54) is 0 Å². The number of hydrogen-bond donors (Lipinski definition) is 0. The summed E-state index contributed by atoms with van der Waals surface area (Å²) in [6, 6.07) is -0.205. The molecule has 0 bridgehead atoms. The van der Waals surface area contributed by atoms with E-state index in [0.717, 1.165) is 30.8 Å². The molecule has 7 heteroatoms. The number of rotatable bonds is 7. The molecule has 0 amide bonds. The maximum absolute atomic E-state index is 13.2. The number of thioether (sulfide) groups is 1. The van der Waals surface area contributed by atoms with Crippen LogP contribution in [0.2, 0.25) is 0 Å². The van der Waals surface area contributed by atoms with Gasteiger partial charge in [-0.1, -0.05) is 11.6 Å². The maximum Gasteiger partial charge on any atom is 0.160 e. The predicted octanol–water partition coefficient (Wildman–Crippen LogP) is 1.45. The van der Waals surface area contributed by atoms with Gasteiger partial charge in [-0.15, -0.1) is 11.8 Å². The lowest BCUT2D eigenvalue weighted by atomic mass is 9.85. The second-order valence-electron chi connectivity index (χ2n) is 8.99. The van der Waals surface area contributed by atoms with Crippen molar-refractivity contribution in [3.8, 4) is 0 Å². The molecule has 0 N–H and O–H groups in total. The standard InChI is InChI=1S/C21H33N3O3S/c1-14(25)17-8-15(12-23(17)4)10-19(27)21(2)11-16(13-24(21)5)9-18(26)20-22(3)6-7-28-20/h8,16-17,20H,6-7,9-13H2,1-5H3/t16?,17-,20-,21-/m0/s1. The van der Waals surface area contributed by atoms with Gasteiger partial charge >= 0.3 is 0 Å². The van der Waals surface area contributed by atoms with Crippen LogP contribution < -0.4 is 0 Å². The quantitative estimate of drug-likeness (QED) is 0.592. The number of likely N-dealkylation sites (tertiary alicyclic amines) is 1. The summed E-state index contributed by atoms with van der Waals surface area (Å²) in [6.45, 7) is 6.02. The van der Waals surface area contributed by atoms with Crippen molar-refractivity contribution in [3.63, 3.8) is 0 Å². The fourth-order valence-electron chi connectivity index (χ4n) is 4.87. The van der Waals surface area contributed by atoms with Crippen LogP contribution in [0.5, 0.6) is 0 Å². The molecule has 2 fully saturated rings. The molecular formula is C21H33N3O3S. The summed E-state index contributed by atoms with van der Waals surface area (Å²) in [7, 11) is 5.92. The van der Waals surface area contributed by atoms with Gasteiger partial charge in [0.15, 0.2) is 17.3 Å². The third-order valence-corrected chi connectivity index (χ3v) is 8.03. The average molecular weight is 408 g/mol. The molecule has 0 saturated carbocycles. The molecule has 0 aliphatic carbocycles. The van der Waals surface area contributed by atoms with Gasteiger partial charge < -0.3 is 0 Å². The summed E-state index contributed by atoms with van der Waals surface area (Å²) in [5.41, 5.74) is 0.499. The summed E-state index contributed by atoms with van der Waals surface area (Å²) >= 11 is 1.73. The van der Waals surface area contributed by atoms with Gasteiger partial charge in [0.05, 0.1) is 11.6 Å². The van der Waals surface area contributed by atoms with E-state index in [-0.39, 0.29) is 28.9 Å². The van der Waals surface area contributed by atoms with Crippen molar-refractivity contribution >= 4 is 29.1 Å². The minimum atomic E-state index is -0.534. The van der Waals surface area contributed by atoms with Crippen LogP contribution in [0.25, 0.3) is 0 Å². The van der Waals surface area contributed by atoms with E-state index in [0.29, 0.717) is 25.2 Å². The molecule has 3 heterocycles. The maximum atomic E-state index is 13.2. The monoisotopic (exact) mass is 407 g/mol. The van der Waals surface area contributed by atoms with Crippen molar-refractivity contribution in [2.24, 2.45) is 5.92 Å². The first-order valence-electron chi connectivity index (χ1n) is 10.1. The smallest absolute Gasteiger partial charge is 0.160 e. The topological polar surface area (TPSA) is 60.9 Å². The van der Waals surface area contributed by atoms with Crippen molar-refractivity contribution in [2.45, 2.75) is 50.1 Å². The van der Waals surface area contributed by atoms with Crippen LogP contribution in [0, 0.1) is 5.92 Å². The minimum Gasteiger partial charge on any atom is -0.298 e. The molecule has 6 nitrogen and oxygen atoms in total. The first-order chi connectivity index (χ1) is 13.1. The Bertz CT molecular complexity index is 694. The Morgan fingerprint density at radius 2 is 1.93 bits per heavy atom. The van der Waals surface area contributed by atoms with Gasteiger partial charge in [0.1, 0.15) is 5.37 Å². The molecule has 4 atom stereocenters. The molecule has 3 aliphatic rings. The molecular weight excluding hydrogens is 374 g/mol. The second kappa shape index (κ2) is 8.38. The van der Waals surface area contributed by atoms with Crippen LogP contribution in [0.15, 0.2) is 11.6 Å². The van der Waals surface area contributed by atoms with Crippen molar-refractivity contribution in [1.82, 2.24) is 14.7 Å². The number of likely N-dealkylation sites (N-methyl/N-ethyl adjacent to an activating group) is 3. The normalized spacial score (nSPS) is 34.8. The second-order valence-corrected chi connectivity index (χ2v) is 10.2. The summed E-state index contributed by atoms with van der Waals surface area (Å²) in [6.07, 6.45) is 3.62. The van der Waals surface area contributed by atoms with Crippen LogP contribution in [-0.4, -0.2) is 95.5 Å². The summed E-state index contributed by atoms with van der Waals surface area (Å²) in [5, 5.41) is -0.0180. The molecule has 1 unspecified atom stereocenters. The van der Waals surface area contributed by atoms with Crippen LogP contribution in [0.3, 0.4) is 0 Å². The summed E-state index contributed by atoms with van der Waals surface area (Å²) in [4.78, 5) is 43.8. The summed E-state index contributed by atoms with van der Waals surface area (Å²) in [5.74, 6) is 1.85. The molecule has 0 spiro atoms. The highest BCUT2D eigenvalue weighted by molar-refractivity contribution is 8.00. The summed E-state index contributed by atoms with van der Waals surface area (Å²) < 4.78 is 0. The molecule has 2 saturated heterocycles. The molecule has 0 aromatic heterocycles. The van der Waals surface area contributed by atoms with E-state index in [1.807, 2.05) is 39.0 Å². The highest BCUT2D eigenvalue weighted by atomic mass is 32.2. The van der Waals surface area contributed by atoms with E-state index >= 15 is 0 Å². The number of nitrogens with zero attached hydrogens (tertiary/aromatic N) is 3. The van der Waals surface area contributed by atoms with Gasteiger partial charge in [0.2, 0.25) is 0 Å². The van der Waals surface area contributed by atoms with Crippen molar-refractivity contribution in [1.29, 1.82) is 0 Å². The van der Waals surface area contributed by atoms with Gasteiger partial charge in [-0.25, -0.2) is 0 Å². The lowest BCUT2D eigenvalue weighted by Crippen LogP contribution is -2.45. The Morgan fingerprint density at radius 1 is 1.21 bits per heavy atom. The fraction of sp³-hybridized carbons (Fsp3) is 0.762. The van der Waals surface area contributed by atoms with Crippen molar-refractivity contribution < 1.29 is 14.4 Å². The third-order valence-electron chi connectivity index (χ3n) is 6.67. The first-order valence-corrected chi connectivity index (χ1v) is 11.2. The zero-order valence-corrected chi connectivity index (χ0v) is 18.6. The van der Waals surface area contributed by atoms with Crippen LogP contribution in [0.4, 0.5) is 0 Å². The molecule has 156 valence electrons. The number of hydrogen-bond acceptors (Lipinski definition) is 7. The number of Topliss-reactive ketones (excluding diaryl/α,β-unsaturated/α-hetero) is 3. The largest absolute Gasteiger partial charge is 0.298 e. The molecule has 28 heavy (non-hydrogen) atoms. The lowest BCUT2D eigenvalue weighted by molar-refractivity contribution is -0.127. The lowest BCUT2D eigenvalue weighted by Gasteiger charge is -2.30. The van der Waals surface area contributed by atoms with E-state index in [4.69, 9.17) is 0 Å². The first kappa shape index (κ1) is 21.7. The highest BCUT2D eigenvalue weighted by Gasteiger charge is 2.46. The van der Waals surface area contributed by atoms with Crippen molar-refractivity contribution in [3.05, 3.63) is 11.6 Å². The minimum absolute atomic E-state index is 0.0180. The van der Waals surface area contributed by atoms with E-state index < -0.39 is 5.54 Å². The van der Waals surface area contributed by atoms with Crippen molar-refractivity contribution in [2.75, 3.05) is 46.5 Å². The van der Waals surface area contributed by atoms with Gasteiger partial charge in [0, 0.05) is 38.2 Å². The molecule has 3 rings (SSSR count). The fourth-order valence-corrected chi connectivity index (χ4v) is 6.13. The average Bonchev–Trinajstić information content (AvgIpc) is 3.26. The van der Waals surface area contributed by atoms with Gasteiger partial charge in [-0.2, -0.15) is 0 Å². The Kier molecular flexibility index (Phi) is 6.49. The van der Waals surface area contributed by atoms with E-state index in [1.54, 1.807) is 18.7 Å². The van der Waals surface area contributed by atoms with Gasteiger partial charge in [0.25, 0.3) is 0 Å². The zero-order chi connectivity index (χ0) is 20.6. The van der Waals surface area contributed by atoms with Gasteiger partial charge in [-0.05, 0) is 47.3 Å². The van der Waals surface area contributed by atoms with E-state index in [9.17, 15) is 14.4 Å². The van der Waals surface area contributed by atoms with Gasteiger partial charge in [-0.3, -0.25) is 29.1 Å². The zero-order valence-electron chi connectivity index (χ0n) is 17.7. The Morgan fingerprint density at radius 3 is 2.50 bits per heavy atom. The SMILES string of the molecule is CC(=O)[C@@H]1C=C(CC(=O)[C@]2(C)CC(CC(=O)[C@@H]3SCCN3C)CN2C)CN1C. The van der Waals surface area contributed by atoms with Crippen LogP contribution in [0.1, 0.15) is 33.1 Å². The molecule has 0 aromatic carbocycles. The number of carbonyl (C=O) groups is 3. The Labute approximate surface area is 172 Å². The Balaban J connectivity index is 1.60. The molecule has 0 radical (unpaired) electrons. The number of carbonyl (C=O) groups excluding carboxylic acids is 3. The third kappa shape index (κ3) is 4.27. The molecule has 3 aliphatic heterocycles. The number of ketones is 3. The Hall–Kier alpha value is -1.02. The predicted molar refractivity (Wildman–Crippen MR) is 112 cm³/mol. The molecule has 0 aromatic rings. The van der Waals surface area contributed by atoms with E-state index in [2.05, 4.69) is 9.80 Å². The van der Waals surface area contributed by atoms with Crippen LogP contribution >= 0.6 is 11.8 Å². The highest BCUT2D eigenvalue weighted by Crippen LogP contribution is 2.37. The van der Waals surface area contributed by atoms with Crippen LogP contribution in [-0.2, 0) is 14.4 Å².